The summed E-state index contributed by atoms with van der Waals surface area (Å²) >= 11 is 0. The van der Waals surface area contributed by atoms with E-state index in [0.717, 1.165) is 38.5 Å². The molecule has 2 unspecified atom stereocenters. The number of carboxylic acid groups (broad SMARTS) is 1. The fourth-order valence-corrected chi connectivity index (χ4v) is 9.02. The van der Waals surface area contributed by atoms with Gasteiger partial charge >= 0.3 is 17.9 Å². The molecule has 0 aromatic carbocycles. The maximum Gasteiger partial charge on any atom is 0.361 e. The number of aliphatic carboxylic acids is 1. The lowest BCUT2D eigenvalue weighted by atomic mass is 10.0. The third-order valence-corrected chi connectivity index (χ3v) is 13.6. The second-order valence-corrected chi connectivity index (χ2v) is 21.7. The van der Waals surface area contributed by atoms with Gasteiger partial charge in [-0.15, -0.1) is 0 Å². The molecule has 0 amide bonds. The summed E-state index contributed by atoms with van der Waals surface area (Å²) in [4.78, 5) is 37.1. The van der Waals surface area contributed by atoms with E-state index in [1.807, 2.05) is 21.1 Å². The third-order valence-electron chi connectivity index (χ3n) is 13.6. The number of hydrogen-bond acceptors (Lipinski definition) is 7. The lowest BCUT2D eigenvalue weighted by Gasteiger charge is -2.25. The highest BCUT2D eigenvalue weighted by molar-refractivity contribution is 5.71. The van der Waals surface area contributed by atoms with Crippen LogP contribution in [0.5, 0.6) is 0 Å². The monoisotopic (exact) mass is 967 g/mol. The van der Waals surface area contributed by atoms with Crippen molar-refractivity contribution in [3.05, 3.63) is 0 Å². The summed E-state index contributed by atoms with van der Waals surface area (Å²) in [7, 11) is 5.97. The van der Waals surface area contributed by atoms with Crippen LogP contribution in [0.4, 0.5) is 0 Å². The molecule has 0 saturated heterocycles. The van der Waals surface area contributed by atoms with Crippen LogP contribution < -0.4 is 0 Å². The molecule has 0 saturated carbocycles. The van der Waals surface area contributed by atoms with Crippen molar-refractivity contribution in [2.75, 3.05) is 47.5 Å². The van der Waals surface area contributed by atoms with Crippen molar-refractivity contribution in [2.45, 2.75) is 315 Å². The molecule has 0 aliphatic rings. The van der Waals surface area contributed by atoms with Crippen LogP contribution in [0.1, 0.15) is 303 Å². The minimum atomic E-state index is -1.50. The molecule has 0 aliphatic heterocycles. The van der Waals surface area contributed by atoms with Crippen molar-refractivity contribution in [1.29, 1.82) is 0 Å². The molecule has 0 bridgehead atoms. The van der Waals surface area contributed by atoms with Gasteiger partial charge in [0.25, 0.3) is 6.29 Å². The molecule has 2 atom stereocenters. The van der Waals surface area contributed by atoms with Crippen LogP contribution in [-0.4, -0.2) is 87.4 Å². The van der Waals surface area contributed by atoms with E-state index >= 15 is 0 Å². The fraction of sp³-hybridized carbons (Fsp3) is 0.949. The van der Waals surface area contributed by atoms with Gasteiger partial charge in [0.05, 0.1) is 34.4 Å². The second kappa shape index (κ2) is 51.6. The van der Waals surface area contributed by atoms with Gasteiger partial charge in [-0.2, -0.15) is 0 Å². The summed E-state index contributed by atoms with van der Waals surface area (Å²) in [6.07, 6.45) is 55.4. The smallest absolute Gasteiger partial charge is 0.361 e. The van der Waals surface area contributed by atoms with Gasteiger partial charge < -0.3 is 28.5 Å². The van der Waals surface area contributed by atoms with Gasteiger partial charge in [0, 0.05) is 12.8 Å². The summed E-state index contributed by atoms with van der Waals surface area (Å²) < 4.78 is 22.7. The highest BCUT2D eigenvalue weighted by atomic mass is 16.7. The molecule has 9 heteroatoms. The van der Waals surface area contributed by atoms with E-state index in [1.165, 1.54) is 238 Å². The first-order valence-electron chi connectivity index (χ1n) is 29.7. The van der Waals surface area contributed by atoms with Gasteiger partial charge in [0.2, 0.25) is 0 Å². The van der Waals surface area contributed by atoms with Crippen LogP contribution in [-0.2, 0) is 33.3 Å². The maximum atomic E-state index is 12.8. The second-order valence-electron chi connectivity index (χ2n) is 21.7. The van der Waals surface area contributed by atoms with E-state index in [9.17, 15) is 19.5 Å². The molecule has 0 aliphatic carbocycles. The minimum Gasteiger partial charge on any atom is -0.477 e. The Morgan fingerprint density at radius 2 is 0.662 bits per heavy atom. The molecule has 0 fully saturated rings. The molecule has 0 aromatic heterocycles. The van der Waals surface area contributed by atoms with E-state index in [-0.39, 0.29) is 38.2 Å². The molecule has 0 aromatic rings. The largest absolute Gasteiger partial charge is 0.477 e. The first kappa shape index (κ1) is 66.3. The van der Waals surface area contributed by atoms with Crippen molar-refractivity contribution in [3.8, 4) is 0 Å². The molecule has 0 spiro atoms. The van der Waals surface area contributed by atoms with Gasteiger partial charge in [0.15, 0.2) is 6.10 Å². The number of unbranched alkanes of at least 4 members (excludes halogenated alkanes) is 41. The van der Waals surface area contributed by atoms with Crippen molar-refractivity contribution in [1.82, 2.24) is 0 Å². The average molecular weight is 968 g/mol. The topological polar surface area (TPSA) is 108 Å². The van der Waals surface area contributed by atoms with Crippen molar-refractivity contribution in [3.63, 3.8) is 0 Å². The Labute approximate surface area is 422 Å². The highest BCUT2D eigenvalue weighted by Gasteiger charge is 2.25. The molecule has 0 heterocycles. The van der Waals surface area contributed by atoms with Crippen LogP contribution in [0.2, 0.25) is 0 Å². The molecule has 68 heavy (non-hydrogen) atoms. The number of carbonyl (C=O) groups is 3. The van der Waals surface area contributed by atoms with Gasteiger partial charge in [-0.25, -0.2) is 4.79 Å². The predicted octanol–water partition coefficient (Wildman–Crippen LogP) is 17.2. The lowest BCUT2D eigenvalue weighted by molar-refractivity contribution is -0.870. The number of quaternary nitrogens is 1. The van der Waals surface area contributed by atoms with Crippen LogP contribution in [0.15, 0.2) is 0 Å². The number of esters is 2. The van der Waals surface area contributed by atoms with E-state index in [1.54, 1.807) is 0 Å². The zero-order valence-electron chi connectivity index (χ0n) is 46.1. The van der Waals surface area contributed by atoms with E-state index in [0.29, 0.717) is 17.4 Å². The zero-order chi connectivity index (χ0) is 49.9. The summed E-state index contributed by atoms with van der Waals surface area (Å²) in [5.41, 5.74) is 0. The molecule has 0 rings (SSSR count). The third kappa shape index (κ3) is 52.1. The minimum absolute atomic E-state index is 0.175. The molecule has 0 radical (unpaired) electrons. The summed E-state index contributed by atoms with van der Waals surface area (Å²) in [5.74, 6) is -1.99. The number of likely N-dealkylation sites (N-methyl/N-ethyl adjacent to an activating group) is 1. The molecule has 9 nitrogen and oxygen atoms in total. The molecule has 1 N–H and O–H groups in total. The van der Waals surface area contributed by atoms with Crippen LogP contribution in [0, 0.1) is 0 Å². The van der Waals surface area contributed by atoms with Gasteiger partial charge in [-0.05, 0) is 12.8 Å². The Kier molecular flexibility index (Phi) is 50.3. The van der Waals surface area contributed by atoms with Crippen LogP contribution in [0.25, 0.3) is 0 Å². The highest BCUT2D eigenvalue weighted by Crippen LogP contribution is 2.18. The first-order valence-corrected chi connectivity index (χ1v) is 29.7. The average Bonchev–Trinajstić information content (AvgIpc) is 3.30. The quantitative estimate of drug-likeness (QED) is 0.0278. The number of carbonyl (C=O) groups excluding carboxylic acids is 2. The van der Waals surface area contributed by atoms with Crippen LogP contribution in [0.3, 0.4) is 0 Å². The SMILES string of the molecule is CCCCCCCCCCCCCCCCCCCCCCCCCCCCCCCCCCCCCCC(=O)OC(COC(=O)CCCCCCCCC)COC(OCC[N+](C)(C)C)C(=O)O. The summed E-state index contributed by atoms with van der Waals surface area (Å²) in [6, 6.07) is 0. The Balaban J connectivity index is 3.82. The number of rotatable bonds is 56. The molecule has 404 valence electrons. The standard InChI is InChI=1S/C59H115NO8/c1-6-8-10-12-14-15-16-17-18-19-20-21-22-23-24-25-26-27-28-29-30-31-32-33-34-35-36-37-38-39-40-41-42-44-46-48-50-57(62)68-55(53-66-56(61)49-47-45-43-13-11-9-7-2)54-67-59(58(63)64)65-52-51-60(3,4)5/h55,59H,6-54H2,1-5H3/p+1. The summed E-state index contributed by atoms with van der Waals surface area (Å²) in [6.45, 7) is 4.87. The van der Waals surface area contributed by atoms with E-state index in [2.05, 4.69) is 13.8 Å². The Bertz CT molecular complexity index is 1080. The van der Waals surface area contributed by atoms with Gasteiger partial charge in [-0.3, -0.25) is 9.59 Å². The number of ether oxygens (including phenoxy) is 4. The van der Waals surface area contributed by atoms with Crippen LogP contribution >= 0.6 is 0 Å². The van der Waals surface area contributed by atoms with Crippen molar-refractivity contribution in [2.24, 2.45) is 0 Å². The van der Waals surface area contributed by atoms with Gasteiger partial charge in [-0.1, -0.05) is 277 Å². The Hall–Kier alpha value is -1.71. The van der Waals surface area contributed by atoms with Gasteiger partial charge in [0.1, 0.15) is 13.2 Å². The van der Waals surface area contributed by atoms with Crippen molar-refractivity contribution < 1.29 is 42.9 Å². The van der Waals surface area contributed by atoms with Crippen molar-refractivity contribution >= 4 is 17.9 Å². The number of carboxylic acids is 1. The maximum absolute atomic E-state index is 12.8. The van der Waals surface area contributed by atoms with E-state index in [4.69, 9.17) is 18.9 Å². The fourth-order valence-electron chi connectivity index (χ4n) is 9.02. The first-order chi connectivity index (χ1) is 33.1. The van der Waals surface area contributed by atoms with E-state index < -0.39 is 18.4 Å². The summed E-state index contributed by atoms with van der Waals surface area (Å²) in [5, 5.41) is 9.64. The zero-order valence-corrected chi connectivity index (χ0v) is 46.1. The molecular formula is C59H116NO8+. The lowest BCUT2D eigenvalue weighted by Crippen LogP contribution is -2.40. The Morgan fingerprint density at radius 1 is 0.382 bits per heavy atom. The number of nitrogens with zero attached hydrogens (tertiary/aromatic N) is 1. The molecular weight excluding hydrogens is 851 g/mol. The number of hydrogen-bond donors (Lipinski definition) is 1. The normalized spacial score (nSPS) is 12.7. The predicted molar refractivity (Wildman–Crippen MR) is 286 cm³/mol. The Morgan fingerprint density at radius 3 is 0.941 bits per heavy atom.